The molecule has 6 nitrogen and oxygen atoms in total. The summed E-state index contributed by atoms with van der Waals surface area (Å²) in [5, 5.41) is 17.0. The van der Waals surface area contributed by atoms with Crippen LogP contribution in [0.5, 0.6) is 0 Å². The molecule has 0 unspecified atom stereocenters. The maximum atomic E-state index is 9.31. The number of hydrogen-bond acceptors (Lipinski definition) is 5. The largest absolute Gasteiger partial charge is 0.383 e. The second-order valence-electron chi connectivity index (χ2n) is 4.01. The van der Waals surface area contributed by atoms with Crippen LogP contribution in [0.4, 0.5) is 5.95 Å². The molecule has 0 aliphatic carbocycles. The van der Waals surface area contributed by atoms with Crippen LogP contribution in [0.25, 0.3) is 5.82 Å². The van der Waals surface area contributed by atoms with Crippen LogP contribution in [-0.2, 0) is 0 Å². The predicted octanol–water partition coefficient (Wildman–Crippen LogP) is 1.75. The lowest BCUT2D eigenvalue weighted by molar-refractivity contribution is 0.795. The average Bonchev–Trinajstić information content (AvgIpc) is 2.88. The summed E-state index contributed by atoms with van der Waals surface area (Å²) in [5.41, 5.74) is 7.10. The molecule has 0 saturated carbocycles. The van der Waals surface area contributed by atoms with Gasteiger partial charge in [0, 0.05) is 5.02 Å². The summed E-state index contributed by atoms with van der Waals surface area (Å²) in [5.74, 6) is 0.750. The molecule has 3 rings (SSSR count). The lowest BCUT2D eigenvalue weighted by Gasteiger charge is -2.25. The maximum Gasteiger partial charge on any atom is 0.228 e. The van der Waals surface area contributed by atoms with Crippen molar-refractivity contribution in [2.75, 3.05) is 5.32 Å². The molecule has 2 aromatic rings. The zero-order chi connectivity index (χ0) is 13.4. The minimum atomic E-state index is -0.421. The Morgan fingerprint density at radius 2 is 2.21 bits per heavy atom. The molecule has 1 aliphatic rings. The van der Waals surface area contributed by atoms with Gasteiger partial charge < -0.3 is 11.1 Å². The van der Waals surface area contributed by atoms with E-state index in [1.54, 1.807) is 6.07 Å². The predicted molar refractivity (Wildman–Crippen MR) is 70.9 cm³/mol. The van der Waals surface area contributed by atoms with Gasteiger partial charge in [0.2, 0.25) is 5.95 Å². The third kappa shape index (κ3) is 1.72. The number of nitrogens with two attached hydrogens (primary N) is 1. The summed E-state index contributed by atoms with van der Waals surface area (Å²) in [4.78, 5) is 4.06. The number of rotatable bonds is 1. The lowest BCUT2D eigenvalue weighted by atomic mass is 9.98. The Kier molecular flexibility index (Phi) is 2.62. The van der Waals surface area contributed by atoms with Gasteiger partial charge in [0.1, 0.15) is 18.2 Å². The van der Waals surface area contributed by atoms with E-state index in [9.17, 15) is 5.26 Å². The second kappa shape index (κ2) is 4.30. The van der Waals surface area contributed by atoms with Gasteiger partial charge in [0.15, 0.2) is 0 Å². The van der Waals surface area contributed by atoms with Gasteiger partial charge >= 0.3 is 0 Å². The van der Waals surface area contributed by atoms with Gasteiger partial charge in [0.25, 0.3) is 0 Å². The summed E-state index contributed by atoms with van der Waals surface area (Å²) >= 11 is 6.17. The number of nitrogens with one attached hydrogen (secondary N) is 1. The van der Waals surface area contributed by atoms with Crippen molar-refractivity contribution in [2.45, 2.75) is 6.04 Å². The summed E-state index contributed by atoms with van der Waals surface area (Å²) in [6.07, 6.45) is 1.37. The Bertz CT molecular complexity index is 711. The lowest BCUT2D eigenvalue weighted by Crippen LogP contribution is -2.27. The highest BCUT2D eigenvalue weighted by Crippen LogP contribution is 2.35. The van der Waals surface area contributed by atoms with E-state index in [1.165, 1.54) is 11.0 Å². The van der Waals surface area contributed by atoms with Crippen LogP contribution in [0.15, 0.2) is 36.2 Å². The van der Waals surface area contributed by atoms with Gasteiger partial charge in [-0.15, -0.1) is 0 Å². The van der Waals surface area contributed by atoms with E-state index in [0.29, 0.717) is 16.5 Å². The fourth-order valence-corrected chi connectivity index (χ4v) is 2.29. The fourth-order valence-electron chi connectivity index (χ4n) is 2.04. The average molecular weight is 273 g/mol. The van der Waals surface area contributed by atoms with Crippen molar-refractivity contribution in [3.8, 4) is 6.07 Å². The zero-order valence-corrected chi connectivity index (χ0v) is 10.5. The van der Waals surface area contributed by atoms with Crippen LogP contribution in [0.2, 0.25) is 5.02 Å². The topological polar surface area (TPSA) is 92.5 Å². The van der Waals surface area contributed by atoms with Crippen molar-refractivity contribution in [1.29, 1.82) is 5.26 Å². The fraction of sp³-hybridized carbons (Fsp3) is 0.0833. The van der Waals surface area contributed by atoms with Crippen molar-refractivity contribution in [3.05, 3.63) is 46.8 Å². The molecule has 1 aromatic carbocycles. The molecule has 1 aliphatic heterocycles. The molecule has 1 aromatic heterocycles. The van der Waals surface area contributed by atoms with Gasteiger partial charge in [0.05, 0.1) is 11.6 Å². The van der Waals surface area contributed by atoms with E-state index < -0.39 is 6.04 Å². The monoisotopic (exact) mass is 272 g/mol. The van der Waals surface area contributed by atoms with E-state index in [0.717, 1.165) is 5.56 Å². The normalized spacial score (nSPS) is 17.6. The van der Waals surface area contributed by atoms with Crippen molar-refractivity contribution in [3.63, 3.8) is 0 Å². The summed E-state index contributed by atoms with van der Waals surface area (Å²) in [7, 11) is 0. The molecule has 0 radical (unpaired) electrons. The molecule has 0 amide bonds. The first-order chi connectivity index (χ1) is 9.22. The van der Waals surface area contributed by atoms with Crippen LogP contribution in [-0.4, -0.2) is 14.8 Å². The molecule has 0 fully saturated rings. The number of nitriles is 1. The van der Waals surface area contributed by atoms with Crippen molar-refractivity contribution < 1.29 is 0 Å². The van der Waals surface area contributed by atoms with Crippen LogP contribution in [0, 0.1) is 11.3 Å². The van der Waals surface area contributed by atoms with E-state index >= 15 is 0 Å². The smallest absolute Gasteiger partial charge is 0.228 e. The summed E-state index contributed by atoms with van der Waals surface area (Å²) < 4.78 is 1.39. The summed E-state index contributed by atoms with van der Waals surface area (Å²) in [6.45, 7) is 0. The Labute approximate surface area is 114 Å². The molecule has 0 bridgehead atoms. The van der Waals surface area contributed by atoms with Gasteiger partial charge in [-0.2, -0.15) is 20.0 Å². The molecule has 94 valence electrons. The third-order valence-corrected chi connectivity index (χ3v) is 3.29. The maximum absolute atomic E-state index is 9.31. The van der Waals surface area contributed by atoms with E-state index in [1.807, 2.05) is 18.2 Å². The standard InChI is InChI=1S/C12H9ClN6/c13-9-4-2-1-3-7(9)10-8(5-14)11(15)19-12(18-10)16-6-17-19/h1-4,6,10H,15H2,(H,16,17,18)/t10-/m0/s1. The first kappa shape index (κ1) is 11.6. The van der Waals surface area contributed by atoms with Gasteiger partial charge in [-0.1, -0.05) is 29.8 Å². The number of halogens is 1. The zero-order valence-electron chi connectivity index (χ0n) is 9.71. The molecular formula is C12H9ClN6. The second-order valence-corrected chi connectivity index (χ2v) is 4.41. The Balaban J connectivity index is 2.17. The molecule has 0 spiro atoms. The third-order valence-electron chi connectivity index (χ3n) is 2.95. The van der Waals surface area contributed by atoms with Gasteiger partial charge in [-0.25, -0.2) is 0 Å². The first-order valence-corrected chi connectivity index (χ1v) is 5.91. The molecule has 7 heteroatoms. The number of anilines is 1. The minimum Gasteiger partial charge on any atom is -0.383 e. The Hall–Kier alpha value is -2.52. The minimum absolute atomic E-state index is 0.263. The van der Waals surface area contributed by atoms with Gasteiger partial charge in [-0.3, -0.25) is 0 Å². The Morgan fingerprint density at radius 1 is 1.42 bits per heavy atom. The van der Waals surface area contributed by atoms with E-state index in [2.05, 4.69) is 21.5 Å². The first-order valence-electron chi connectivity index (χ1n) is 5.53. The molecule has 19 heavy (non-hydrogen) atoms. The highest BCUT2D eigenvalue weighted by molar-refractivity contribution is 6.31. The molecule has 1 atom stereocenters. The number of fused-ring (bicyclic) bond motifs is 1. The van der Waals surface area contributed by atoms with Crippen molar-refractivity contribution >= 4 is 23.4 Å². The Morgan fingerprint density at radius 3 is 2.95 bits per heavy atom. The number of nitrogens with zero attached hydrogens (tertiary/aromatic N) is 4. The highest BCUT2D eigenvalue weighted by Gasteiger charge is 2.29. The van der Waals surface area contributed by atoms with E-state index in [-0.39, 0.29) is 5.82 Å². The van der Waals surface area contributed by atoms with Crippen LogP contribution < -0.4 is 11.1 Å². The molecule has 2 heterocycles. The molecule has 3 N–H and O–H groups in total. The van der Waals surface area contributed by atoms with Crippen molar-refractivity contribution in [2.24, 2.45) is 5.73 Å². The number of aromatic nitrogens is 3. The highest BCUT2D eigenvalue weighted by atomic mass is 35.5. The molecular weight excluding hydrogens is 264 g/mol. The van der Waals surface area contributed by atoms with E-state index in [4.69, 9.17) is 17.3 Å². The summed E-state index contributed by atoms with van der Waals surface area (Å²) in [6, 6.07) is 8.98. The van der Waals surface area contributed by atoms with Crippen molar-refractivity contribution in [1.82, 2.24) is 14.8 Å². The quantitative estimate of drug-likeness (QED) is 0.825. The van der Waals surface area contributed by atoms with Crippen LogP contribution in [0.1, 0.15) is 11.6 Å². The number of hydrogen-bond donors (Lipinski definition) is 2. The molecule has 0 saturated heterocycles. The van der Waals surface area contributed by atoms with Gasteiger partial charge in [-0.05, 0) is 11.6 Å². The SMILES string of the molecule is N#CC1=C(N)n2ncnc2N[C@H]1c1ccccc1Cl. The number of benzene rings is 1. The van der Waals surface area contributed by atoms with Crippen LogP contribution >= 0.6 is 11.6 Å². The van der Waals surface area contributed by atoms with Crippen LogP contribution in [0.3, 0.4) is 0 Å².